The van der Waals surface area contributed by atoms with Crippen LogP contribution in [0, 0.1) is 5.92 Å². The molecule has 0 saturated heterocycles. The van der Waals surface area contributed by atoms with E-state index in [1.165, 1.54) is 32.1 Å². The van der Waals surface area contributed by atoms with Crippen LogP contribution in [0.2, 0.25) is 0 Å². The topological polar surface area (TPSA) is 20.2 Å². The zero-order valence-electron chi connectivity index (χ0n) is 7.64. The molecular weight excluding hydrogens is 172 g/mol. The summed E-state index contributed by atoms with van der Waals surface area (Å²) in [4.78, 5) is 0. The molecule has 1 aliphatic rings. The Morgan fingerprint density at radius 1 is 1.25 bits per heavy atom. The van der Waals surface area contributed by atoms with Gasteiger partial charge in [-0.3, -0.25) is 0 Å². The van der Waals surface area contributed by atoms with Crippen molar-refractivity contribution < 1.29 is 5.11 Å². The molecule has 1 atom stereocenters. The van der Waals surface area contributed by atoms with E-state index in [1.54, 1.807) is 0 Å². The van der Waals surface area contributed by atoms with E-state index >= 15 is 0 Å². The fraction of sp³-hybridized carbons (Fsp3) is 1.00. The van der Waals surface area contributed by atoms with Crippen LogP contribution in [0.4, 0.5) is 0 Å². The molecule has 2 heteroatoms. The number of rotatable bonds is 4. The van der Waals surface area contributed by atoms with Crippen LogP contribution in [0.25, 0.3) is 0 Å². The summed E-state index contributed by atoms with van der Waals surface area (Å²) in [5.74, 6) is 1.26. The van der Waals surface area contributed by atoms with Gasteiger partial charge in [-0.25, -0.2) is 0 Å². The van der Waals surface area contributed by atoms with Crippen molar-refractivity contribution >= 4 is 11.6 Å². The second kappa shape index (κ2) is 5.82. The van der Waals surface area contributed by atoms with Crippen molar-refractivity contribution in [3.63, 3.8) is 0 Å². The van der Waals surface area contributed by atoms with Gasteiger partial charge in [0.1, 0.15) is 0 Å². The van der Waals surface area contributed by atoms with E-state index < -0.39 is 0 Å². The van der Waals surface area contributed by atoms with Crippen molar-refractivity contribution in [1.82, 2.24) is 0 Å². The third-order valence-electron chi connectivity index (χ3n) is 2.83. The number of alkyl halides is 1. The Labute approximate surface area is 80.1 Å². The SMILES string of the molecule is OC(CCCCl)C1CCCCC1. The largest absolute Gasteiger partial charge is 0.393 e. The van der Waals surface area contributed by atoms with Crippen LogP contribution < -0.4 is 0 Å². The molecule has 0 heterocycles. The normalized spacial score (nSPS) is 22.5. The zero-order valence-corrected chi connectivity index (χ0v) is 8.39. The maximum atomic E-state index is 9.75. The summed E-state index contributed by atoms with van der Waals surface area (Å²) >= 11 is 5.57. The van der Waals surface area contributed by atoms with E-state index in [2.05, 4.69) is 0 Å². The monoisotopic (exact) mass is 190 g/mol. The summed E-state index contributed by atoms with van der Waals surface area (Å²) in [6.45, 7) is 0. The van der Waals surface area contributed by atoms with Crippen molar-refractivity contribution in [2.24, 2.45) is 5.92 Å². The van der Waals surface area contributed by atoms with Gasteiger partial charge in [0.15, 0.2) is 0 Å². The highest BCUT2D eigenvalue weighted by Gasteiger charge is 2.20. The van der Waals surface area contributed by atoms with Crippen LogP contribution in [-0.2, 0) is 0 Å². The minimum atomic E-state index is -0.0796. The van der Waals surface area contributed by atoms with Crippen LogP contribution in [0.15, 0.2) is 0 Å². The minimum absolute atomic E-state index is 0.0796. The lowest BCUT2D eigenvalue weighted by atomic mass is 9.84. The molecule has 0 aromatic carbocycles. The summed E-state index contributed by atoms with van der Waals surface area (Å²) in [5, 5.41) is 9.75. The van der Waals surface area contributed by atoms with Crippen LogP contribution in [0.1, 0.15) is 44.9 Å². The summed E-state index contributed by atoms with van der Waals surface area (Å²) in [5.41, 5.74) is 0. The molecule has 1 fully saturated rings. The van der Waals surface area contributed by atoms with Gasteiger partial charge in [-0.05, 0) is 31.6 Å². The predicted octanol–water partition coefficient (Wildman–Crippen LogP) is 2.95. The lowest BCUT2D eigenvalue weighted by molar-refractivity contribution is 0.0768. The van der Waals surface area contributed by atoms with E-state index in [9.17, 15) is 5.11 Å². The highest BCUT2D eigenvalue weighted by atomic mass is 35.5. The number of halogens is 1. The van der Waals surface area contributed by atoms with Crippen molar-refractivity contribution in [3.05, 3.63) is 0 Å². The molecule has 1 nitrogen and oxygen atoms in total. The Morgan fingerprint density at radius 3 is 2.50 bits per heavy atom. The summed E-state index contributed by atoms with van der Waals surface area (Å²) in [6.07, 6.45) is 8.20. The van der Waals surface area contributed by atoms with Gasteiger partial charge in [-0.15, -0.1) is 11.6 Å². The van der Waals surface area contributed by atoms with E-state index in [0.717, 1.165) is 12.8 Å². The second-order valence-corrected chi connectivity index (χ2v) is 4.17. The van der Waals surface area contributed by atoms with E-state index in [0.29, 0.717) is 11.8 Å². The standard InChI is InChI=1S/C10H19ClO/c11-8-4-7-10(12)9-5-2-1-3-6-9/h9-10,12H,1-8H2. The molecule has 72 valence electrons. The molecule has 1 N–H and O–H groups in total. The predicted molar refractivity (Wildman–Crippen MR) is 52.5 cm³/mol. The lowest BCUT2D eigenvalue weighted by Gasteiger charge is -2.26. The molecule has 0 bridgehead atoms. The van der Waals surface area contributed by atoms with Gasteiger partial charge in [0.2, 0.25) is 0 Å². The molecule has 0 amide bonds. The number of hydrogen-bond acceptors (Lipinski definition) is 1. The number of aliphatic hydroxyl groups is 1. The molecule has 0 radical (unpaired) electrons. The van der Waals surface area contributed by atoms with Gasteiger partial charge in [0.05, 0.1) is 6.10 Å². The molecule has 12 heavy (non-hydrogen) atoms. The Hall–Kier alpha value is 0.250. The summed E-state index contributed by atoms with van der Waals surface area (Å²) in [7, 11) is 0. The first-order valence-electron chi connectivity index (χ1n) is 5.08. The fourth-order valence-corrected chi connectivity index (χ4v) is 2.20. The van der Waals surface area contributed by atoms with Crippen LogP contribution >= 0.6 is 11.6 Å². The maximum Gasteiger partial charge on any atom is 0.0568 e. The van der Waals surface area contributed by atoms with Gasteiger partial charge >= 0.3 is 0 Å². The van der Waals surface area contributed by atoms with Crippen LogP contribution in [-0.4, -0.2) is 17.1 Å². The van der Waals surface area contributed by atoms with Crippen molar-refractivity contribution in [1.29, 1.82) is 0 Å². The van der Waals surface area contributed by atoms with E-state index in [1.807, 2.05) is 0 Å². The molecule has 1 aliphatic carbocycles. The quantitative estimate of drug-likeness (QED) is 0.676. The molecule has 1 unspecified atom stereocenters. The Balaban J connectivity index is 2.15. The molecule has 1 saturated carbocycles. The van der Waals surface area contributed by atoms with Crippen LogP contribution in [0.3, 0.4) is 0 Å². The first kappa shape index (κ1) is 10.3. The van der Waals surface area contributed by atoms with E-state index in [4.69, 9.17) is 11.6 Å². The number of hydrogen-bond donors (Lipinski definition) is 1. The third-order valence-corrected chi connectivity index (χ3v) is 3.09. The average Bonchev–Trinajstić information content (AvgIpc) is 2.15. The lowest BCUT2D eigenvalue weighted by Crippen LogP contribution is -2.22. The Kier molecular flexibility index (Phi) is 5.01. The van der Waals surface area contributed by atoms with Crippen LogP contribution in [0.5, 0.6) is 0 Å². The van der Waals surface area contributed by atoms with Gasteiger partial charge in [0.25, 0.3) is 0 Å². The van der Waals surface area contributed by atoms with Gasteiger partial charge in [-0.1, -0.05) is 19.3 Å². The Bertz CT molecular complexity index is 110. The highest BCUT2D eigenvalue weighted by Crippen LogP contribution is 2.28. The summed E-state index contributed by atoms with van der Waals surface area (Å²) < 4.78 is 0. The van der Waals surface area contributed by atoms with Crippen molar-refractivity contribution in [3.8, 4) is 0 Å². The van der Waals surface area contributed by atoms with Gasteiger partial charge in [0, 0.05) is 5.88 Å². The smallest absolute Gasteiger partial charge is 0.0568 e. The average molecular weight is 191 g/mol. The molecule has 0 spiro atoms. The molecular formula is C10H19ClO. The van der Waals surface area contributed by atoms with E-state index in [-0.39, 0.29) is 6.10 Å². The highest BCUT2D eigenvalue weighted by molar-refractivity contribution is 6.17. The van der Waals surface area contributed by atoms with Gasteiger partial charge < -0.3 is 5.11 Å². The minimum Gasteiger partial charge on any atom is -0.393 e. The molecule has 1 rings (SSSR count). The molecule has 0 aliphatic heterocycles. The molecule has 0 aromatic heterocycles. The first-order valence-corrected chi connectivity index (χ1v) is 5.62. The number of aliphatic hydroxyl groups excluding tert-OH is 1. The zero-order chi connectivity index (χ0) is 8.81. The second-order valence-electron chi connectivity index (χ2n) is 3.80. The van der Waals surface area contributed by atoms with Crippen molar-refractivity contribution in [2.45, 2.75) is 51.0 Å². The summed E-state index contributed by atoms with van der Waals surface area (Å²) in [6, 6.07) is 0. The van der Waals surface area contributed by atoms with Crippen molar-refractivity contribution in [2.75, 3.05) is 5.88 Å². The first-order chi connectivity index (χ1) is 5.84. The Morgan fingerprint density at radius 2 is 1.92 bits per heavy atom. The van der Waals surface area contributed by atoms with Gasteiger partial charge in [-0.2, -0.15) is 0 Å². The third kappa shape index (κ3) is 3.32. The fourth-order valence-electron chi connectivity index (χ4n) is 2.04. The molecule has 0 aromatic rings. The maximum absolute atomic E-state index is 9.75.